The van der Waals surface area contributed by atoms with Crippen LogP contribution in [0.2, 0.25) is 0 Å². The van der Waals surface area contributed by atoms with Crippen molar-refractivity contribution in [2.45, 2.75) is 38.5 Å². The average molecular weight is 410 g/mol. The summed E-state index contributed by atoms with van der Waals surface area (Å²) in [7, 11) is 0. The van der Waals surface area contributed by atoms with Crippen LogP contribution in [-0.2, 0) is 20.9 Å². The summed E-state index contributed by atoms with van der Waals surface area (Å²) in [5.74, 6) is -0.352. The zero-order valence-corrected chi connectivity index (χ0v) is 16.6. The summed E-state index contributed by atoms with van der Waals surface area (Å²) < 4.78 is 20.6. The van der Waals surface area contributed by atoms with Crippen LogP contribution in [0.5, 0.6) is 0 Å². The van der Waals surface area contributed by atoms with E-state index in [4.69, 9.17) is 4.74 Å². The molecule has 7 nitrogen and oxygen atoms in total. The lowest BCUT2D eigenvalue weighted by Crippen LogP contribution is -2.37. The Morgan fingerprint density at radius 3 is 2.87 bits per heavy atom. The molecule has 30 heavy (non-hydrogen) atoms. The number of hydrogen-bond donors (Lipinski definition) is 2. The van der Waals surface area contributed by atoms with Crippen LogP contribution >= 0.6 is 0 Å². The molecule has 2 aromatic carbocycles. The lowest BCUT2D eigenvalue weighted by molar-refractivity contribution is -0.130. The first-order valence-electron chi connectivity index (χ1n) is 9.94. The number of carbonyl (C=O) groups excluding carboxylic acids is 2. The molecule has 2 amide bonds. The van der Waals surface area contributed by atoms with E-state index in [1.54, 1.807) is 10.6 Å². The Kier molecular flexibility index (Phi) is 5.76. The maximum Gasteiger partial charge on any atom is 0.249 e. The van der Waals surface area contributed by atoms with Crippen molar-refractivity contribution < 1.29 is 18.7 Å². The van der Waals surface area contributed by atoms with Crippen molar-refractivity contribution in [1.29, 1.82) is 0 Å². The fourth-order valence-electron chi connectivity index (χ4n) is 3.66. The minimum Gasteiger partial charge on any atom is -0.368 e. The van der Waals surface area contributed by atoms with E-state index < -0.39 is 18.0 Å². The molecule has 2 atom stereocenters. The van der Waals surface area contributed by atoms with Crippen molar-refractivity contribution in [3.63, 3.8) is 0 Å². The van der Waals surface area contributed by atoms with Crippen LogP contribution < -0.4 is 10.6 Å². The molecule has 1 aliphatic heterocycles. The van der Waals surface area contributed by atoms with Crippen molar-refractivity contribution >= 4 is 28.5 Å². The molecule has 0 aliphatic carbocycles. The van der Waals surface area contributed by atoms with Crippen molar-refractivity contribution in [2.75, 3.05) is 11.9 Å². The Balaban J connectivity index is 1.56. The summed E-state index contributed by atoms with van der Waals surface area (Å²) in [5, 5.41) is 5.64. The van der Waals surface area contributed by atoms with Gasteiger partial charge in [-0.05, 0) is 50.1 Å². The van der Waals surface area contributed by atoms with Gasteiger partial charge in [-0.25, -0.2) is 9.37 Å². The van der Waals surface area contributed by atoms with Gasteiger partial charge in [0.15, 0.2) is 0 Å². The number of hydrogen-bond acceptors (Lipinski definition) is 4. The zero-order chi connectivity index (χ0) is 21.1. The van der Waals surface area contributed by atoms with Crippen LogP contribution in [0.25, 0.3) is 11.0 Å². The molecule has 156 valence electrons. The summed E-state index contributed by atoms with van der Waals surface area (Å²) in [6, 6.07) is 12.8. The van der Waals surface area contributed by atoms with Crippen molar-refractivity contribution in [3.8, 4) is 0 Å². The van der Waals surface area contributed by atoms with E-state index in [1.807, 2.05) is 31.2 Å². The third kappa shape index (κ3) is 4.33. The topological polar surface area (TPSA) is 85.2 Å². The number of para-hydroxylation sites is 2. The number of imidazole rings is 1. The fourth-order valence-corrected chi connectivity index (χ4v) is 3.66. The first-order chi connectivity index (χ1) is 14.5. The van der Waals surface area contributed by atoms with Gasteiger partial charge in [0.05, 0.1) is 17.1 Å². The largest absolute Gasteiger partial charge is 0.368 e. The normalized spacial score (nSPS) is 17.1. The van der Waals surface area contributed by atoms with E-state index in [-0.39, 0.29) is 18.4 Å². The van der Waals surface area contributed by atoms with Gasteiger partial charge in [-0.1, -0.05) is 18.2 Å². The van der Waals surface area contributed by atoms with Crippen LogP contribution in [0.3, 0.4) is 0 Å². The van der Waals surface area contributed by atoms with Crippen molar-refractivity contribution in [3.05, 3.63) is 60.2 Å². The SMILES string of the molecule is CC(NC(=O)C1CCCO1)c1nc2ccccc2n1CC(=O)Nc1cccc(F)c1. The number of rotatable bonds is 6. The Labute approximate surface area is 173 Å². The van der Waals surface area contributed by atoms with Gasteiger partial charge in [-0.3, -0.25) is 9.59 Å². The molecule has 0 spiro atoms. The summed E-state index contributed by atoms with van der Waals surface area (Å²) in [6.07, 6.45) is 1.12. The third-order valence-electron chi connectivity index (χ3n) is 5.06. The highest BCUT2D eigenvalue weighted by molar-refractivity contribution is 5.91. The van der Waals surface area contributed by atoms with E-state index in [2.05, 4.69) is 15.6 Å². The highest BCUT2D eigenvalue weighted by Crippen LogP contribution is 2.22. The van der Waals surface area contributed by atoms with Crippen LogP contribution in [0.15, 0.2) is 48.5 Å². The predicted molar refractivity (Wildman–Crippen MR) is 110 cm³/mol. The Hall–Kier alpha value is -3.26. The lowest BCUT2D eigenvalue weighted by atomic mass is 10.2. The number of aromatic nitrogens is 2. The quantitative estimate of drug-likeness (QED) is 0.654. The van der Waals surface area contributed by atoms with Gasteiger partial charge in [0.25, 0.3) is 0 Å². The fraction of sp³-hybridized carbons (Fsp3) is 0.318. The molecule has 1 fully saturated rings. The van der Waals surface area contributed by atoms with Gasteiger partial charge in [0.2, 0.25) is 11.8 Å². The van der Waals surface area contributed by atoms with Gasteiger partial charge < -0.3 is 19.9 Å². The minimum atomic E-state index is -0.443. The Morgan fingerprint density at radius 2 is 2.10 bits per heavy atom. The highest BCUT2D eigenvalue weighted by Gasteiger charge is 2.27. The van der Waals surface area contributed by atoms with Crippen LogP contribution in [0.1, 0.15) is 31.6 Å². The van der Waals surface area contributed by atoms with Gasteiger partial charge in [0, 0.05) is 12.3 Å². The van der Waals surface area contributed by atoms with Crippen LogP contribution in [0.4, 0.5) is 10.1 Å². The second kappa shape index (κ2) is 8.62. The standard InChI is InChI=1S/C22H23FN4O3/c1-14(24-22(29)19-10-5-11-30-19)21-26-17-8-2-3-9-18(17)27(21)13-20(28)25-16-7-4-6-15(23)12-16/h2-4,6-9,12,14,19H,5,10-11,13H2,1H3,(H,24,29)(H,25,28). The molecule has 2 unspecified atom stereocenters. The molecule has 2 heterocycles. The lowest BCUT2D eigenvalue weighted by Gasteiger charge is -2.18. The summed E-state index contributed by atoms with van der Waals surface area (Å²) in [4.78, 5) is 29.7. The molecule has 2 N–H and O–H groups in total. The first kappa shape index (κ1) is 20.0. The number of fused-ring (bicyclic) bond motifs is 1. The van der Waals surface area contributed by atoms with Crippen molar-refractivity contribution in [2.24, 2.45) is 0 Å². The van der Waals surface area contributed by atoms with Gasteiger partial charge in [-0.15, -0.1) is 0 Å². The molecular weight excluding hydrogens is 387 g/mol. The smallest absolute Gasteiger partial charge is 0.249 e. The number of anilines is 1. The van der Waals surface area contributed by atoms with Gasteiger partial charge in [-0.2, -0.15) is 0 Å². The number of halogens is 1. The maximum atomic E-state index is 13.4. The zero-order valence-electron chi connectivity index (χ0n) is 16.6. The number of nitrogens with zero attached hydrogens (tertiary/aromatic N) is 2. The van der Waals surface area contributed by atoms with E-state index in [0.29, 0.717) is 24.5 Å². The molecule has 0 radical (unpaired) electrons. The first-order valence-corrected chi connectivity index (χ1v) is 9.94. The second-order valence-corrected chi connectivity index (χ2v) is 7.34. The molecule has 4 rings (SSSR count). The summed E-state index contributed by atoms with van der Waals surface area (Å²) in [5.41, 5.74) is 1.88. The minimum absolute atomic E-state index is 0.0213. The average Bonchev–Trinajstić information content (AvgIpc) is 3.37. The molecule has 1 aromatic heterocycles. The van der Waals surface area contributed by atoms with E-state index in [9.17, 15) is 14.0 Å². The summed E-state index contributed by atoms with van der Waals surface area (Å²) in [6.45, 7) is 2.40. The molecule has 0 saturated carbocycles. The predicted octanol–water partition coefficient (Wildman–Crippen LogP) is 3.17. The number of carbonyl (C=O) groups is 2. The molecular formula is C22H23FN4O3. The molecule has 1 aliphatic rings. The number of nitrogens with one attached hydrogen (secondary N) is 2. The number of amides is 2. The Morgan fingerprint density at radius 1 is 1.27 bits per heavy atom. The van der Waals surface area contributed by atoms with Gasteiger partial charge in [0.1, 0.15) is 24.3 Å². The van der Waals surface area contributed by atoms with E-state index >= 15 is 0 Å². The molecule has 0 bridgehead atoms. The third-order valence-corrected chi connectivity index (χ3v) is 5.06. The van der Waals surface area contributed by atoms with Crippen LogP contribution in [0, 0.1) is 5.82 Å². The monoisotopic (exact) mass is 410 g/mol. The van der Waals surface area contributed by atoms with Crippen molar-refractivity contribution in [1.82, 2.24) is 14.9 Å². The number of benzene rings is 2. The number of ether oxygens (including phenoxy) is 1. The molecule has 1 saturated heterocycles. The molecule has 8 heteroatoms. The Bertz CT molecular complexity index is 1080. The summed E-state index contributed by atoms with van der Waals surface area (Å²) >= 11 is 0. The highest BCUT2D eigenvalue weighted by atomic mass is 19.1. The van der Waals surface area contributed by atoms with Crippen LogP contribution in [-0.4, -0.2) is 34.1 Å². The maximum absolute atomic E-state index is 13.4. The van der Waals surface area contributed by atoms with E-state index in [0.717, 1.165) is 17.5 Å². The van der Waals surface area contributed by atoms with E-state index in [1.165, 1.54) is 18.2 Å². The molecule has 3 aromatic rings. The van der Waals surface area contributed by atoms with Gasteiger partial charge >= 0.3 is 0 Å². The second-order valence-electron chi connectivity index (χ2n) is 7.34.